The number of carbonyl (C=O) groups excluding carboxylic acids is 1. The van der Waals surface area contributed by atoms with Crippen LogP contribution in [-0.2, 0) is 43.3 Å². The van der Waals surface area contributed by atoms with Gasteiger partial charge in [0.1, 0.15) is 37.3 Å². The maximum atomic E-state index is 14.9. The van der Waals surface area contributed by atoms with Crippen molar-refractivity contribution in [1.29, 1.82) is 0 Å². The van der Waals surface area contributed by atoms with E-state index in [1.54, 1.807) is 24.3 Å². The van der Waals surface area contributed by atoms with E-state index in [-0.39, 0.29) is 34.7 Å². The molecule has 3 aromatic carbocycles. The second-order valence-electron chi connectivity index (χ2n) is 8.74. The average molecular weight is 607 g/mol. The SMILES string of the molecule is CO/C=C(/C(=O)OC)c1ccccc1CO/N=C(C)/C(=N\OC)c1cc(F)c(OCc2cccc(C(F)(F)F)c2)c(F)c1. The van der Waals surface area contributed by atoms with Crippen LogP contribution in [0.5, 0.6) is 5.75 Å². The van der Waals surface area contributed by atoms with E-state index in [0.717, 1.165) is 24.3 Å². The number of nitrogens with zero attached hydrogens (tertiary/aromatic N) is 2. The topological polar surface area (TPSA) is 87.9 Å². The van der Waals surface area contributed by atoms with Crippen molar-refractivity contribution in [3.63, 3.8) is 0 Å². The van der Waals surface area contributed by atoms with Crippen molar-refractivity contribution in [2.45, 2.75) is 26.3 Å². The fourth-order valence-electron chi connectivity index (χ4n) is 3.85. The molecule has 0 aromatic heterocycles. The van der Waals surface area contributed by atoms with Crippen molar-refractivity contribution in [2.24, 2.45) is 10.3 Å². The van der Waals surface area contributed by atoms with Gasteiger partial charge >= 0.3 is 12.1 Å². The highest BCUT2D eigenvalue weighted by molar-refractivity contribution is 6.47. The molecule has 0 saturated heterocycles. The second kappa shape index (κ2) is 14.8. The van der Waals surface area contributed by atoms with Crippen molar-refractivity contribution < 1.29 is 50.6 Å². The molecule has 0 saturated carbocycles. The predicted molar refractivity (Wildman–Crippen MR) is 147 cm³/mol. The first-order chi connectivity index (χ1) is 20.5. The molecule has 0 amide bonds. The molecular formula is C30H27F5N2O6. The highest BCUT2D eigenvalue weighted by Crippen LogP contribution is 2.30. The first kappa shape index (κ1) is 32.6. The summed E-state index contributed by atoms with van der Waals surface area (Å²) in [4.78, 5) is 22.5. The maximum Gasteiger partial charge on any atom is 0.416 e. The van der Waals surface area contributed by atoms with Gasteiger partial charge in [0.05, 0.1) is 26.0 Å². The fourth-order valence-corrected chi connectivity index (χ4v) is 3.85. The summed E-state index contributed by atoms with van der Waals surface area (Å²) < 4.78 is 83.7. The molecule has 8 nitrogen and oxygen atoms in total. The molecule has 0 unspecified atom stereocenters. The summed E-state index contributed by atoms with van der Waals surface area (Å²) in [6.45, 7) is 0.836. The molecular weight excluding hydrogens is 579 g/mol. The van der Waals surface area contributed by atoms with Gasteiger partial charge in [-0.3, -0.25) is 0 Å². The minimum Gasteiger partial charge on any atom is -0.503 e. The Hall–Kier alpha value is -4.94. The Morgan fingerprint density at radius 1 is 0.907 bits per heavy atom. The summed E-state index contributed by atoms with van der Waals surface area (Å²) in [7, 11) is 3.84. The van der Waals surface area contributed by atoms with Crippen LogP contribution in [0.15, 0.2) is 77.2 Å². The minimum absolute atomic E-state index is 0.0671. The van der Waals surface area contributed by atoms with Crippen molar-refractivity contribution >= 4 is 23.0 Å². The quantitative estimate of drug-likeness (QED) is 0.0572. The zero-order valence-electron chi connectivity index (χ0n) is 23.5. The number of halogens is 5. The van der Waals surface area contributed by atoms with E-state index in [0.29, 0.717) is 11.1 Å². The number of oxime groups is 2. The summed E-state index contributed by atoms with van der Waals surface area (Å²) in [5, 5.41) is 7.78. The monoisotopic (exact) mass is 606 g/mol. The average Bonchev–Trinajstić information content (AvgIpc) is 2.97. The molecule has 3 aromatic rings. The molecule has 0 fully saturated rings. The Labute approximate surface area is 243 Å². The molecule has 0 aliphatic heterocycles. The van der Waals surface area contributed by atoms with Gasteiger partial charge in [-0.15, -0.1) is 0 Å². The standard InChI is InChI=1S/C30H27F5N2O6/c1-18(36-43-16-20-9-5-6-11-23(20)24(17-39-2)29(38)40-3)27(37-41-4)21-13-25(31)28(26(32)14-21)42-15-19-8-7-10-22(12-19)30(33,34)35/h5-14,17H,15-16H2,1-4H3/b24-17+,36-18+,37-27+. The first-order valence-corrected chi connectivity index (χ1v) is 12.5. The normalized spacial score (nSPS) is 12.5. The molecule has 228 valence electrons. The van der Waals surface area contributed by atoms with Crippen LogP contribution in [0, 0.1) is 11.6 Å². The molecule has 43 heavy (non-hydrogen) atoms. The minimum atomic E-state index is -4.58. The van der Waals surface area contributed by atoms with Gasteiger partial charge in [0.25, 0.3) is 0 Å². The van der Waals surface area contributed by atoms with Gasteiger partial charge in [-0.1, -0.05) is 46.7 Å². The van der Waals surface area contributed by atoms with E-state index in [1.165, 1.54) is 46.6 Å². The number of hydrogen-bond donors (Lipinski definition) is 0. The predicted octanol–water partition coefficient (Wildman–Crippen LogP) is 6.67. The van der Waals surface area contributed by atoms with Crippen LogP contribution in [0.3, 0.4) is 0 Å². The van der Waals surface area contributed by atoms with Crippen LogP contribution >= 0.6 is 0 Å². The lowest BCUT2D eigenvalue weighted by atomic mass is 10.0. The van der Waals surface area contributed by atoms with E-state index in [9.17, 15) is 26.7 Å². The van der Waals surface area contributed by atoms with Gasteiger partial charge in [-0.25, -0.2) is 13.6 Å². The number of ether oxygens (including phenoxy) is 3. The molecule has 0 heterocycles. The Morgan fingerprint density at radius 3 is 2.23 bits per heavy atom. The zero-order valence-corrected chi connectivity index (χ0v) is 23.5. The Morgan fingerprint density at radius 2 is 1.60 bits per heavy atom. The highest BCUT2D eigenvalue weighted by Gasteiger charge is 2.30. The Balaban J connectivity index is 1.80. The van der Waals surface area contributed by atoms with Crippen LogP contribution in [0.4, 0.5) is 22.0 Å². The molecule has 0 spiro atoms. The first-order valence-electron chi connectivity index (χ1n) is 12.5. The number of benzene rings is 3. The van der Waals surface area contributed by atoms with Gasteiger partial charge in [0.15, 0.2) is 17.4 Å². The third-order valence-corrected chi connectivity index (χ3v) is 5.80. The van der Waals surface area contributed by atoms with Crippen LogP contribution in [0.25, 0.3) is 5.57 Å². The molecule has 0 aliphatic rings. The smallest absolute Gasteiger partial charge is 0.416 e. The maximum absolute atomic E-state index is 14.9. The number of rotatable bonds is 12. The summed E-state index contributed by atoms with van der Waals surface area (Å²) in [5.41, 5.74) is 0.247. The second-order valence-corrected chi connectivity index (χ2v) is 8.74. The third kappa shape index (κ3) is 8.53. The molecule has 13 heteroatoms. The van der Waals surface area contributed by atoms with Gasteiger partial charge in [-0.2, -0.15) is 13.2 Å². The van der Waals surface area contributed by atoms with E-state index < -0.39 is 41.7 Å². The fraction of sp³-hybridized carbons (Fsp3) is 0.233. The molecule has 0 atom stereocenters. The largest absolute Gasteiger partial charge is 0.503 e. The van der Waals surface area contributed by atoms with Gasteiger partial charge < -0.3 is 23.9 Å². The molecule has 0 aliphatic carbocycles. The Bertz CT molecular complexity index is 1510. The van der Waals surface area contributed by atoms with E-state index >= 15 is 0 Å². The summed E-state index contributed by atoms with van der Waals surface area (Å²) in [5.74, 6) is -3.68. The molecule has 3 rings (SSSR count). The number of carbonyl (C=O) groups is 1. The number of alkyl halides is 3. The lowest BCUT2D eigenvalue weighted by molar-refractivity contribution is -0.137. The van der Waals surface area contributed by atoms with E-state index in [1.807, 2.05) is 0 Å². The Kier molecular flexibility index (Phi) is 11.2. The van der Waals surface area contributed by atoms with Crippen molar-refractivity contribution in [1.82, 2.24) is 0 Å². The molecule has 0 N–H and O–H groups in total. The van der Waals surface area contributed by atoms with E-state index in [4.69, 9.17) is 23.9 Å². The van der Waals surface area contributed by atoms with E-state index in [2.05, 4.69) is 10.3 Å². The molecule has 0 radical (unpaired) electrons. The highest BCUT2D eigenvalue weighted by atomic mass is 19.4. The van der Waals surface area contributed by atoms with Crippen molar-refractivity contribution in [3.05, 3.63) is 106 Å². The lowest BCUT2D eigenvalue weighted by Crippen LogP contribution is -2.15. The van der Waals surface area contributed by atoms with Crippen molar-refractivity contribution in [2.75, 3.05) is 21.3 Å². The van der Waals surface area contributed by atoms with Crippen LogP contribution in [-0.4, -0.2) is 38.7 Å². The van der Waals surface area contributed by atoms with Gasteiger partial charge in [0.2, 0.25) is 0 Å². The summed E-state index contributed by atoms with van der Waals surface area (Å²) in [6.07, 6.45) is -3.34. The van der Waals surface area contributed by atoms with Gasteiger partial charge in [0, 0.05) is 11.1 Å². The van der Waals surface area contributed by atoms with Crippen LogP contribution in [0.2, 0.25) is 0 Å². The lowest BCUT2D eigenvalue weighted by Gasteiger charge is -2.13. The molecule has 0 bridgehead atoms. The third-order valence-electron chi connectivity index (χ3n) is 5.80. The number of methoxy groups -OCH3 is 2. The number of esters is 1. The summed E-state index contributed by atoms with van der Waals surface area (Å²) >= 11 is 0. The van der Waals surface area contributed by atoms with Crippen molar-refractivity contribution in [3.8, 4) is 5.75 Å². The van der Waals surface area contributed by atoms with Crippen LogP contribution in [0.1, 0.15) is 34.7 Å². The zero-order chi connectivity index (χ0) is 31.6. The van der Waals surface area contributed by atoms with Gasteiger partial charge in [-0.05, 0) is 42.3 Å². The van der Waals surface area contributed by atoms with Crippen LogP contribution < -0.4 is 4.74 Å². The number of hydrogen-bond acceptors (Lipinski definition) is 8. The summed E-state index contributed by atoms with van der Waals surface area (Å²) in [6, 6.07) is 12.8.